The fourth-order valence-electron chi connectivity index (χ4n) is 1.43. The molecule has 2 N–H and O–H groups in total. The van der Waals surface area contributed by atoms with Crippen molar-refractivity contribution < 1.29 is 9.47 Å². The highest BCUT2D eigenvalue weighted by atomic mass is 79.9. The third-order valence-corrected chi connectivity index (χ3v) is 3.06. The van der Waals surface area contributed by atoms with Crippen LogP contribution in [0.25, 0.3) is 0 Å². The van der Waals surface area contributed by atoms with E-state index in [9.17, 15) is 0 Å². The molecule has 3 nitrogen and oxygen atoms in total. The summed E-state index contributed by atoms with van der Waals surface area (Å²) >= 11 is 3.49. The van der Waals surface area contributed by atoms with Gasteiger partial charge >= 0.3 is 0 Å². The summed E-state index contributed by atoms with van der Waals surface area (Å²) in [6, 6.07) is 5.92. The predicted molar refractivity (Wildman–Crippen MR) is 62.0 cm³/mol. The van der Waals surface area contributed by atoms with Crippen LogP contribution in [0.15, 0.2) is 22.7 Å². The molecule has 1 heterocycles. The van der Waals surface area contributed by atoms with Crippen molar-refractivity contribution in [3.8, 4) is 5.75 Å². The molecule has 1 atom stereocenters. The molecular formula is C11H14BrNO2. The van der Waals surface area contributed by atoms with Crippen molar-refractivity contribution >= 4 is 15.9 Å². The van der Waals surface area contributed by atoms with Crippen LogP contribution in [0.5, 0.6) is 5.75 Å². The van der Waals surface area contributed by atoms with Crippen LogP contribution in [0.1, 0.15) is 18.5 Å². The molecule has 0 unspecified atom stereocenters. The normalized spacial score (nSPS) is 18.3. The lowest BCUT2D eigenvalue weighted by Crippen LogP contribution is -2.38. The first-order chi connectivity index (χ1) is 7.16. The topological polar surface area (TPSA) is 44.5 Å². The zero-order valence-corrected chi connectivity index (χ0v) is 10.2. The first-order valence-electron chi connectivity index (χ1n) is 4.96. The van der Waals surface area contributed by atoms with Gasteiger partial charge in [-0.15, -0.1) is 0 Å². The van der Waals surface area contributed by atoms with E-state index in [0.29, 0.717) is 13.2 Å². The highest BCUT2D eigenvalue weighted by Gasteiger charge is 2.20. The van der Waals surface area contributed by atoms with E-state index < -0.39 is 0 Å². The van der Waals surface area contributed by atoms with E-state index in [4.69, 9.17) is 15.2 Å². The van der Waals surface area contributed by atoms with Gasteiger partial charge in [0.05, 0.1) is 13.2 Å². The van der Waals surface area contributed by atoms with Crippen LogP contribution in [-0.4, -0.2) is 19.3 Å². The molecule has 0 saturated carbocycles. The zero-order chi connectivity index (χ0) is 10.8. The maximum atomic E-state index is 5.81. The molecule has 2 rings (SSSR count). The van der Waals surface area contributed by atoms with Gasteiger partial charge in [-0.25, -0.2) is 0 Å². The summed E-state index contributed by atoms with van der Waals surface area (Å²) in [7, 11) is 0. The van der Waals surface area contributed by atoms with Crippen molar-refractivity contribution in [1.82, 2.24) is 0 Å². The van der Waals surface area contributed by atoms with Crippen LogP contribution in [0.4, 0.5) is 0 Å². The lowest BCUT2D eigenvalue weighted by Gasteiger charge is -2.27. The number of halogens is 1. The monoisotopic (exact) mass is 271 g/mol. The Hall–Kier alpha value is -0.580. The van der Waals surface area contributed by atoms with Crippen LogP contribution >= 0.6 is 15.9 Å². The molecule has 1 saturated heterocycles. The van der Waals surface area contributed by atoms with Crippen LogP contribution in [0.2, 0.25) is 0 Å². The molecule has 1 aliphatic heterocycles. The lowest BCUT2D eigenvalue weighted by atomic mass is 10.1. The van der Waals surface area contributed by atoms with Crippen molar-refractivity contribution in [3.63, 3.8) is 0 Å². The van der Waals surface area contributed by atoms with Crippen molar-refractivity contribution in [2.75, 3.05) is 13.2 Å². The molecule has 1 fully saturated rings. The molecule has 1 aromatic carbocycles. The molecular weight excluding hydrogens is 258 g/mol. The Kier molecular flexibility index (Phi) is 3.29. The molecule has 0 amide bonds. The van der Waals surface area contributed by atoms with Gasteiger partial charge in [0, 0.05) is 10.5 Å². The first-order valence-corrected chi connectivity index (χ1v) is 5.75. The third-order valence-electron chi connectivity index (χ3n) is 2.37. The van der Waals surface area contributed by atoms with Crippen LogP contribution in [0, 0.1) is 0 Å². The van der Waals surface area contributed by atoms with Gasteiger partial charge in [-0.3, -0.25) is 0 Å². The predicted octanol–water partition coefficient (Wildman–Crippen LogP) is 2.25. The SMILES string of the molecule is C[C@@H](N)c1ccc(OC2COC2)cc1Br. The maximum absolute atomic E-state index is 5.81. The summed E-state index contributed by atoms with van der Waals surface area (Å²) in [5, 5.41) is 0. The van der Waals surface area contributed by atoms with Crippen molar-refractivity contribution in [1.29, 1.82) is 0 Å². The highest BCUT2D eigenvalue weighted by molar-refractivity contribution is 9.10. The molecule has 0 spiro atoms. The summed E-state index contributed by atoms with van der Waals surface area (Å²) in [4.78, 5) is 0. The summed E-state index contributed by atoms with van der Waals surface area (Å²) in [6.07, 6.45) is 0.207. The molecule has 4 heteroatoms. The Morgan fingerprint density at radius 3 is 2.73 bits per heavy atom. The molecule has 1 aromatic rings. The average molecular weight is 272 g/mol. The Morgan fingerprint density at radius 1 is 1.53 bits per heavy atom. The van der Waals surface area contributed by atoms with Crippen molar-refractivity contribution in [2.45, 2.75) is 19.1 Å². The average Bonchev–Trinajstić information content (AvgIpc) is 2.11. The molecule has 0 aliphatic carbocycles. The number of rotatable bonds is 3. The minimum absolute atomic E-state index is 0.0282. The summed E-state index contributed by atoms with van der Waals surface area (Å²) in [6.45, 7) is 3.33. The van der Waals surface area contributed by atoms with Gasteiger partial charge in [0.25, 0.3) is 0 Å². The third kappa shape index (κ3) is 2.51. The maximum Gasteiger partial charge on any atom is 0.145 e. The van der Waals surface area contributed by atoms with Gasteiger partial charge in [0.1, 0.15) is 11.9 Å². The Bertz CT molecular complexity index is 350. The van der Waals surface area contributed by atoms with Crippen LogP contribution < -0.4 is 10.5 Å². The van der Waals surface area contributed by atoms with Gasteiger partial charge in [-0.1, -0.05) is 22.0 Å². The van der Waals surface area contributed by atoms with E-state index in [0.717, 1.165) is 15.8 Å². The van der Waals surface area contributed by atoms with Gasteiger partial charge in [0.2, 0.25) is 0 Å². The van der Waals surface area contributed by atoms with Crippen LogP contribution in [0.3, 0.4) is 0 Å². The summed E-state index contributed by atoms with van der Waals surface area (Å²) < 4.78 is 11.7. The Labute approximate surface area is 97.7 Å². The quantitative estimate of drug-likeness (QED) is 0.917. The number of hydrogen-bond acceptors (Lipinski definition) is 3. The lowest BCUT2D eigenvalue weighted by molar-refractivity contribution is -0.0797. The summed E-state index contributed by atoms with van der Waals surface area (Å²) in [5.74, 6) is 0.861. The molecule has 0 aromatic heterocycles. The number of hydrogen-bond donors (Lipinski definition) is 1. The van der Waals surface area contributed by atoms with Crippen molar-refractivity contribution in [2.24, 2.45) is 5.73 Å². The molecule has 0 radical (unpaired) electrons. The molecule has 0 bridgehead atoms. The minimum Gasteiger partial charge on any atom is -0.486 e. The van der Waals surface area contributed by atoms with Crippen LogP contribution in [-0.2, 0) is 4.74 Å². The minimum atomic E-state index is 0.0282. The second-order valence-corrected chi connectivity index (χ2v) is 4.60. The van der Waals surface area contributed by atoms with Gasteiger partial charge in [-0.2, -0.15) is 0 Å². The Morgan fingerprint density at radius 2 is 2.27 bits per heavy atom. The zero-order valence-electron chi connectivity index (χ0n) is 8.57. The van der Waals surface area contributed by atoms with Gasteiger partial charge in [-0.05, 0) is 24.6 Å². The van der Waals surface area contributed by atoms with Crippen molar-refractivity contribution in [3.05, 3.63) is 28.2 Å². The van der Waals surface area contributed by atoms with E-state index in [1.54, 1.807) is 0 Å². The fourth-order valence-corrected chi connectivity index (χ4v) is 2.14. The molecule has 1 aliphatic rings. The fraction of sp³-hybridized carbons (Fsp3) is 0.455. The second kappa shape index (κ2) is 4.51. The standard InChI is InChI=1S/C11H14BrNO2/c1-7(13)10-3-2-8(4-11(10)12)15-9-5-14-6-9/h2-4,7,9H,5-6,13H2,1H3/t7-/m1/s1. The number of benzene rings is 1. The molecule has 82 valence electrons. The largest absolute Gasteiger partial charge is 0.486 e. The number of nitrogens with two attached hydrogens (primary N) is 1. The second-order valence-electron chi connectivity index (χ2n) is 3.75. The first kappa shape index (κ1) is 10.9. The molecule has 15 heavy (non-hydrogen) atoms. The van der Waals surface area contributed by atoms with Gasteiger partial charge in [0.15, 0.2) is 0 Å². The highest BCUT2D eigenvalue weighted by Crippen LogP contribution is 2.27. The summed E-state index contributed by atoms with van der Waals surface area (Å²) in [5.41, 5.74) is 6.90. The van der Waals surface area contributed by atoms with E-state index in [-0.39, 0.29) is 12.1 Å². The Balaban J connectivity index is 2.10. The van der Waals surface area contributed by atoms with E-state index in [1.165, 1.54) is 0 Å². The van der Waals surface area contributed by atoms with Gasteiger partial charge < -0.3 is 15.2 Å². The smallest absolute Gasteiger partial charge is 0.145 e. The van der Waals surface area contributed by atoms with E-state index >= 15 is 0 Å². The van der Waals surface area contributed by atoms with E-state index in [1.807, 2.05) is 25.1 Å². The number of ether oxygens (including phenoxy) is 2. The van der Waals surface area contributed by atoms with E-state index in [2.05, 4.69) is 15.9 Å².